The minimum Gasteiger partial charge on any atom is -0.301 e. The number of carbonyl (C=O) groups excluding carboxylic acids is 3. The molecule has 0 radical (unpaired) electrons. The van der Waals surface area contributed by atoms with E-state index in [2.05, 4.69) is 0 Å². The van der Waals surface area contributed by atoms with Gasteiger partial charge in [0.25, 0.3) is 11.8 Å². The summed E-state index contributed by atoms with van der Waals surface area (Å²) in [4.78, 5) is 40.6. The Morgan fingerprint density at radius 2 is 1.78 bits per heavy atom. The van der Waals surface area contributed by atoms with E-state index in [1.54, 1.807) is 4.90 Å². The second-order valence-electron chi connectivity index (χ2n) is 6.80. The highest BCUT2D eigenvalue weighted by atomic mass is 16.5. The molecule has 1 atom stereocenters. The summed E-state index contributed by atoms with van der Waals surface area (Å²) in [6, 6.07) is 16.5. The lowest BCUT2D eigenvalue weighted by atomic mass is 9.89. The minimum atomic E-state index is -1.11. The summed E-state index contributed by atoms with van der Waals surface area (Å²) >= 11 is 0. The number of hydrogen-bond donors (Lipinski definition) is 2. The summed E-state index contributed by atoms with van der Waals surface area (Å²) in [5.41, 5.74) is 3.12. The van der Waals surface area contributed by atoms with Crippen molar-refractivity contribution in [1.82, 2.24) is 15.3 Å². The van der Waals surface area contributed by atoms with Crippen molar-refractivity contribution < 1.29 is 19.6 Å². The predicted octanol–water partition coefficient (Wildman–Crippen LogP) is 1.80. The number of nitrogens with one attached hydrogen (secondary N) is 1. The normalized spacial score (nSPS) is 21.1. The molecule has 1 unspecified atom stereocenters. The Balaban J connectivity index is 1.80. The van der Waals surface area contributed by atoms with Crippen molar-refractivity contribution in [2.24, 2.45) is 0 Å². The number of imide groups is 1. The zero-order chi connectivity index (χ0) is 19.0. The lowest BCUT2D eigenvalue weighted by Gasteiger charge is -2.32. The van der Waals surface area contributed by atoms with E-state index in [1.807, 2.05) is 54.6 Å². The fourth-order valence-electron chi connectivity index (χ4n) is 4.12. The number of urea groups is 1. The maximum atomic E-state index is 13.4. The Bertz CT molecular complexity index is 914. The monoisotopic (exact) mass is 365 g/mol. The van der Waals surface area contributed by atoms with Gasteiger partial charge in [0.05, 0.1) is 0 Å². The first-order valence-electron chi connectivity index (χ1n) is 8.77. The lowest BCUT2D eigenvalue weighted by molar-refractivity contribution is -0.139. The molecule has 1 spiro atoms. The summed E-state index contributed by atoms with van der Waals surface area (Å²) in [7, 11) is 0. The van der Waals surface area contributed by atoms with E-state index >= 15 is 0 Å². The molecule has 1 aliphatic carbocycles. The summed E-state index contributed by atoms with van der Waals surface area (Å²) in [6.45, 7) is -0.250. The number of fused-ring (bicyclic) bond motifs is 2. The summed E-state index contributed by atoms with van der Waals surface area (Å²) in [6.07, 6.45) is 1.15. The smallest absolute Gasteiger partial charge is 0.301 e. The second kappa shape index (κ2) is 6.51. The Hall–Kier alpha value is -3.19. The Kier molecular flexibility index (Phi) is 4.16. The second-order valence-corrected chi connectivity index (χ2v) is 6.80. The van der Waals surface area contributed by atoms with E-state index in [0.29, 0.717) is 12.8 Å². The molecule has 1 fully saturated rings. The first kappa shape index (κ1) is 17.2. The molecule has 27 heavy (non-hydrogen) atoms. The van der Waals surface area contributed by atoms with Gasteiger partial charge in [-0.25, -0.2) is 10.3 Å². The van der Waals surface area contributed by atoms with Crippen LogP contribution < -0.4 is 5.48 Å². The third-order valence-electron chi connectivity index (χ3n) is 5.35. The van der Waals surface area contributed by atoms with E-state index in [4.69, 9.17) is 5.21 Å². The maximum Gasteiger partial charge on any atom is 0.328 e. The van der Waals surface area contributed by atoms with Gasteiger partial charge in [0, 0.05) is 6.54 Å². The average Bonchev–Trinajstić information content (AvgIpc) is 3.17. The molecule has 138 valence electrons. The molecule has 0 saturated carbocycles. The highest BCUT2D eigenvalue weighted by Crippen LogP contribution is 2.47. The van der Waals surface area contributed by atoms with Crippen LogP contribution in [0, 0.1) is 0 Å². The molecular formula is C20H19N3O4. The highest BCUT2D eigenvalue weighted by molar-refractivity contribution is 6.09. The van der Waals surface area contributed by atoms with E-state index in [0.717, 1.165) is 21.6 Å². The number of benzene rings is 2. The van der Waals surface area contributed by atoms with Crippen molar-refractivity contribution in [3.05, 3.63) is 71.3 Å². The molecule has 1 aliphatic heterocycles. The third-order valence-corrected chi connectivity index (χ3v) is 5.35. The van der Waals surface area contributed by atoms with Crippen LogP contribution in [-0.2, 0) is 28.1 Å². The molecule has 2 aromatic carbocycles. The number of hydroxylamine groups is 1. The van der Waals surface area contributed by atoms with Gasteiger partial charge in [-0.1, -0.05) is 54.6 Å². The summed E-state index contributed by atoms with van der Waals surface area (Å²) in [5.74, 6) is -1.23. The van der Waals surface area contributed by atoms with Gasteiger partial charge in [0.15, 0.2) is 0 Å². The van der Waals surface area contributed by atoms with Gasteiger partial charge >= 0.3 is 6.03 Å². The molecule has 0 bridgehead atoms. The van der Waals surface area contributed by atoms with Crippen molar-refractivity contribution in [2.75, 3.05) is 6.54 Å². The largest absolute Gasteiger partial charge is 0.328 e. The highest BCUT2D eigenvalue weighted by Gasteiger charge is 2.60. The first-order chi connectivity index (χ1) is 13.1. The van der Waals surface area contributed by atoms with Crippen LogP contribution in [0.5, 0.6) is 0 Å². The maximum absolute atomic E-state index is 13.4. The van der Waals surface area contributed by atoms with Crippen LogP contribution in [0.25, 0.3) is 0 Å². The lowest BCUT2D eigenvalue weighted by Crippen LogP contribution is -2.45. The molecule has 0 aromatic heterocycles. The Morgan fingerprint density at radius 1 is 1.07 bits per heavy atom. The van der Waals surface area contributed by atoms with Gasteiger partial charge in [-0.15, -0.1) is 0 Å². The van der Waals surface area contributed by atoms with Crippen LogP contribution in [0.4, 0.5) is 4.79 Å². The molecular weight excluding hydrogens is 346 g/mol. The van der Waals surface area contributed by atoms with Gasteiger partial charge in [-0.2, -0.15) is 0 Å². The zero-order valence-corrected chi connectivity index (χ0v) is 14.6. The van der Waals surface area contributed by atoms with Crippen LogP contribution in [-0.4, -0.2) is 39.4 Å². The average molecular weight is 365 g/mol. The van der Waals surface area contributed by atoms with Crippen molar-refractivity contribution in [1.29, 1.82) is 0 Å². The van der Waals surface area contributed by atoms with Crippen molar-refractivity contribution >= 4 is 17.8 Å². The first-order valence-corrected chi connectivity index (χ1v) is 8.77. The molecule has 2 aliphatic rings. The van der Waals surface area contributed by atoms with Gasteiger partial charge in [-0.05, 0) is 29.5 Å². The van der Waals surface area contributed by atoms with Gasteiger partial charge in [-0.3, -0.25) is 19.7 Å². The fraction of sp³-hybridized carbons (Fsp3) is 0.250. The zero-order valence-electron chi connectivity index (χ0n) is 14.6. The fourth-order valence-corrected chi connectivity index (χ4v) is 4.12. The Morgan fingerprint density at radius 3 is 2.52 bits per heavy atom. The molecule has 4 rings (SSSR count). The van der Waals surface area contributed by atoms with Crippen molar-refractivity contribution in [3.63, 3.8) is 0 Å². The van der Waals surface area contributed by atoms with Crippen molar-refractivity contribution in [3.8, 4) is 0 Å². The van der Waals surface area contributed by atoms with Crippen LogP contribution in [0.3, 0.4) is 0 Å². The van der Waals surface area contributed by atoms with Gasteiger partial charge in [0.1, 0.15) is 12.1 Å². The van der Waals surface area contributed by atoms with E-state index in [1.165, 1.54) is 5.48 Å². The van der Waals surface area contributed by atoms with Crippen LogP contribution in [0.2, 0.25) is 0 Å². The van der Waals surface area contributed by atoms with Crippen molar-refractivity contribution in [2.45, 2.75) is 24.9 Å². The van der Waals surface area contributed by atoms with Crippen LogP contribution in [0.1, 0.15) is 23.1 Å². The van der Waals surface area contributed by atoms with Crippen LogP contribution in [0.15, 0.2) is 54.6 Å². The standard InChI is InChI=1S/C20H19N3O4/c24-17(21-27)13-22-18(25)20(11-10-15-8-4-5-9-16(15)20)23(19(22)26)12-14-6-2-1-3-7-14/h1-9,27H,10-13H2,(H,21,24). The SMILES string of the molecule is O=C(CN1C(=O)N(Cc2ccccc2)C2(CCc3ccccc32)C1=O)NO. The predicted molar refractivity (Wildman–Crippen MR) is 95.5 cm³/mol. The number of aryl methyl sites for hydroxylation is 1. The molecule has 1 saturated heterocycles. The van der Waals surface area contributed by atoms with Gasteiger partial charge in [0.2, 0.25) is 0 Å². The van der Waals surface area contributed by atoms with Gasteiger partial charge < -0.3 is 4.90 Å². The molecule has 2 aromatic rings. The quantitative estimate of drug-likeness (QED) is 0.491. The van der Waals surface area contributed by atoms with Crippen LogP contribution >= 0.6 is 0 Å². The summed E-state index contributed by atoms with van der Waals surface area (Å²) in [5, 5.41) is 8.82. The number of amides is 4. The molecule has 7 heteroatoms. The number of rotatable bonds is 4. The minimum absolute atomic E-state index is 0.261. The third kappa shape index (κ3) is 2.59. The number of carbonyl (C=O) groups is 3. The van der Waals surface area contributed by atoms with E-state index in [9.17, 15) is 14.4 Å². The van der Waals surface area contributed by atoms with E-state index in [-0.39, 0.29) is 6.54 Å². The molecule has 4 amide bonds. The molecule has 7 nitrogen and oxygen atoms in total. The van der Waals surface area contributed by atoms with E-state index < -0.39 is 29.9 Å². The Labute approximate surface area is 156 Å². The molecule has 2 N–H and O–H groups in total. The number of nitrogens with zero attached hydrogens (tertiary/aromatic N) is 2. The topological polar surface area (TPSA) is 90.0 Å². The molecule has 1 heterocycles. The summed E-state index contributed by atoms with van der Waals surface area (Å²) < 4.78 is 0. The number of hydrogen-bond acceptors (Lipinski definition) is 4.